The van der Waals surface area contributed by atoms with Crippen LogP contribution in [0.4, 0.5) is 5.69 Å². The molecule has 1 aromatic rings. The van der Waals surface area contributed by atoms with Crippen LogP contribution in [-0.2, 0) is 4.79 Å². The van der Waals surface area contributed by atoms with Crippen LogP contribution in [-0.4, -0.2) is 11.1 Å². The lowest BCUT2D eigenvalue weighted by Gasteiger charge is -2.11. The molecule has 0 fully saturated rings. The summed E-state index contributed by atoms with van der Waals surface area (Å²) in [4.78, 5) is 10.8. The standard InChI is InChI=1S/C10H10N2O2/c1-6(10(13)14)9-7(5-11)3-2-4-8(9)12/h2-4,6H,12H2,1H3,(H,13,14). The highest BCUT2D eigenvalue weighted by Crippen LogP contribution is 2.25. The van der Waals surface area contributed by atoms with Crippen LogP contribution in [0.5, 0.6) is 0 Å². The van der Waals surface area contributed by atoms with Gasteiger partial charge in [0, 0.05) is 11.3 Å². The quantitative estimate of drug-likeness (QED) is 0.688. The van der Waals surface area contributed by atoms with Crippen molar-refractivity contribution in [2.24, 2.45) is 0 Å². The van der Waals surface area contributed by atoms with Crippen LogP contribution in [0, 0.1) is 11.3 Å². The first kappa shape index (κ1) is 10.1. The molecule has 72 valence electrons. The van der Waals surface area contributed by atoms with E-state index in [4.69, 9.17) is 16.1 Å². The molecule has 3 N–H and O–H groups in total. The Kier molecular flexibility index (Phi) is 2.73. The second-order valence-electron chi connectivity index (χ2n) is 2.98. The number of hydrogen-bond donors (Lipinski definition) is 2. The van der Waals surface area contributed by atoms with E-state index in [2.05, 4.69) is 0 Å². The number of aliphatic carboxylic acids is 1. The molecule has 14 heavy (non-hydrogen) atoms. The van der Waals surface area contributed by atoms with Crippen LogP contribution in [0.25, 0.3) is 0 Å². The van der Waals surface area contributed by atoms with Crippen LogP contribution < -0.4 is 5.73 Å². The number of hydrogen-bond acceptors (Lipinski definition) is 3. The second-order valence-corrected chi connectivity index (χ2v) is 2.98. The highest BCUT2D eigenvalue weighted by molar-refractivity contribution is 5.79. The Morgan fingerprint density at radius 2 is 2.29 bits per heavy atom. The van der Waals surface area contributed by atoms with Crippen molar-refractivity contribution in [3.8, 4) is 6.07 Å². The number of nitrogens with two attached hydrogens (primary N) is 1. The van der Waals surface area contributed by atoms with Crippen LogP contribution in [0.2, 0.25) is 0 Å². The summed E-state index contributed by atoms with van der Waals surface area (Å²) < 4.78 is 0. The van der Waals surface area contributed by atoms with Crippen molar-refractivity contribution in [2.75, 3.05) is 5.73 Å². The minimum Gasteiger partial charge on any atom is -0.481 e. The number of nitriles is 1. The molecule has 4 heteroatoms. The average Bonchev–Trinajstić information content (AvgIpc) is 2.16. The van der Waals surface area contributed by atoms with Crippen molar-refractivity contribution in [1.29, 1.82) is 5.26 Å². The van der Waals surface area contributed by atoms with Crippen molar-refractivity contribution >= 4 is 11.7 Å². The molecule has 0 amide bonds. The number of nitrogen functional groups attached to an aromatic ring is 1. The first-order valence-electron chi connectivity index (χ1n) is 4.09. The molecular formula is C10H10N2O2. The number of carboxylic acids is 1. The molecule has 0 heterocycles. The summed E-state index contributed by atoms with van der Waals surface area (Å²) in [5.41, 5.74) is 6.68. The van der Waals surface area contributed by atoms with Crippen LogP contribution in [0.1, 0.15) is 24.0 Å². The number of rotatable bonds is 2. The fourth-order valence-corrected chi connectivity index (χ4v) is 1.29. The maximum Gasteiger partial charge on any atom is 0.310 e. The molecule has 0 radical (unpaired) electrons. The van der Waals surface area contributed by atoms with E-state index in [1.54, 1.807) is 18.2 Å². The molecule has 0 aliphatic carbocycles. The van der Waals surface area contributed by atoms with Gasteiger partial charge in [0.15, 0.2) is 0 Å². The summed E-state index contributed by atoms with van der Waals surface area (Å²) in [5.74, 6) is -1.75. The van der Waals surface area contributed by atoms with Gasteiger partial charge in [-0.2, -0.15) is 5.26 Å². The Labute approximate surface area is 81.6 Å². The fourth-order valence-electron chi connectivity index (χ4n) is 1.29. The molecule has 0 saturated heterocycles. The maximum atomic E-state index is 10.8. The van der Waals surface area contributed by atoms with Crippen molar-refractivity contribution in [2.45, 2.75) is 12.8 Å². The SMILES string of the molecule is CC(C(=O)O)c1c(N)cccc1C#N. The van der Waals surface area contributed by atoms with Gasteiger partial charge in [-0.05, 0) is 19.1 Å². The van der Waals surface area contributed by atoms with Crippen molar-refractivity contribution < 1.29 is 9.90 Å². The van der Waals surface area contributed by atoms with E-state index < -0.39 is 11.9 Å². The van der Waals surface area contributed by atoms with E-state index in [1.165, 1.54) is 6.92 Å². The van der Waals surface area contributed by atoms with Crippen LogP contribution in [0.15, 0.2) is 18.2 Å². The molecular weight excluding hydrogens is 180 g/mol. The molecule has 0 aliphatic heterocycles. The van der Waals surface area contributed by atoms with Gasteiger partial charge in [-0.25, -0.2) is 0 Å². The number of nitrogens with zero attached hydrogens (tertiary/aromatic N) is 1. The van der Waals surface area contributed by atoms with Gasteiger partial charge in [0.25, 0.3) is 0 Å². The molecule has 0 bridgehead atoms. The topological polar surface area (TPSA) is 87.1 Å². The molecule has 1 aromatic carbocycles. The Morgan fingerprint density at radius 3 is 2.79 bits per heavy atom. The zero-order valence-electron chi connectivity index (χ0n) is 7.69. The van der Waals surface area contributed by atoms with Crippen molar-refractivity contribution in [3.63, 3.8) is 0 Å². The first-order chi connectivity index (χ1) is 6.57. The van der Waals surface area contributed by atoms with Gasteiger partial charge >= 0.3 is 5.97 Å². The molecule has 0 aliphatic rings. The zero-order chi connectivity index (χ0) is 10.7. The van der Waals surface area contributed by atoms with E-state index >= 15 is 0 Å². The Bertz CT molecular complexity index is 407. The fraction of sp³-hybridized carbons (Fsp3) is 0.200. The van der Waals surface area contributed by atoms with Crippen LogP contribution in [0.3, 0.4) is 0 Å². The summed E-state index contributed by atoms with van der Waals surface area (Å²) in [7, 11) is 0. The number of anilines is 1. The third-order valence-corrected chi connectivity index (χ3v) is 2.06. The highest BCUT2D eigenvalue weighted by atomic mass is 16.4. The predicted molar refractivity (Wildman–Crippen MR) is 51.6 cm³/mol. The van der Waals surface area contributed by atoms with Gasteiger partial charge < -0.3 is 10.8 Å². The van der Waals surface area contributed by atoms with Gasteiger partial charge in [0.05, 0.1) is 17.6 Å². The monoisotopic (exact) mass is 190 g/mol. The van der Waals surface area contributed by atoms with E-state index in [1.807, 2.05) is 6.07 Å². The average molecular weight is 190 g/mol. The maximum absolute atomic E-state index is 10.8. The lowest BCUT2D eigenvalue weighted by molar-refractivity contribution is -0.138. The highest BCUT2D eigenvalue weighted by Gasteiger charge is 2.19. The third kappa shape index (κ3) is 1.67. The largest absolute Gasteiger partial charge is 0.481 e. The minimum atomic E-state index is -0.987. The Hall–Kier alpha value is -2.02. The summed E-state index contributed by atoms with van der Waals surface area (Å²) in [6.45, 7) is 1.51. The van der Waals surface area contributed by atoms with E-state index in [-0.39, 0.29) is 0 Å². The van der Waals surface area contributed by atoms with E-state index in [0.29, 0.717) is 16.8 Å². The summed E-state index contributed by atoms with van der Waals surface area (Å²) in [5, 5.41) is 17.6. The minimum absolute atomic E-state index is 0.319. The summed E-state index contributed by atoms with van der Waals surface area (Å²) >= 11 is 0. The van der Waals surface area contributed by atoms with Gasteiger partial charge in [0.2, 0.25) is 0 Å². The molecule has 0 saturated carbocycles. The Balaban J connectivity index is 3.32. The van der Waals surface area contributed by atoms with Gasteiger partial charge in [-0.3, -0.25) is 4.79 Å². The number of carbonyl (C=O) groups is 1. The normalized spacial score (nSPS) is 11.7. The van der Waals surface area contributed by atoms with Crippen LogP contribution >= 0.6 is 0 Å². The van der Waals surface area contributed by atoms with E-state index in [0.717, 1.165) is 0 Å². The second kappa shape index (κ2) is 3.79. The van der Waals surface area contributed by atoms with Gasteiger partial charge in [-0.1, -0.05) is 6.07 Å². The first-order valence-corrected chi connectivity index (χ1v) is 4.09. The Morgan fingerprint density at radius 1 is 1.64 bits per heavy atom. The van der Waals surface area contributed by atoms with Gasteiger partial charge in [0.1, 0.15) is 0 Å². The van der Waals surface area contributed by atoms with E-state index in [9.17, 15) is 4.79 Å². The lowest BCUT2D eigenvalue weighted by atomic mass is 9.94. The third-order valence-electron chi connectivity index (χ3n) is 2.06. The molecule has 4 nitrogen and oxygen atoms in total. The summed E-state index contributed by atoms with van der Waals surface area (Å²) in [6, 6.07) is 6.71. The number of benzene rings is 1. The summed E-state index contributed by atoms with van der Waals surface area (Å²) in [6.07, 6.45) is 0. The molecule has 0 aromatic heterocycles. The van der Waals surface area contributed by atoms with Gasteiger partial charge in [-0.15, -0.1) is 0 Å². The zero-order valence-corrected chi connectivity index (χ0v) is 7.69. The molecule has 1 atom stereocenters. The predicted octanol–water partition coefficient (Wildman–Crippen LogP) is 1.33. The molecule has 1 unspecified atom stereocenters. The van der Waals surface area contributed by atoms with Crippen molar-refractivity contribution in [1.82, 2.24) is 0 Å². The molecule has 0 spiro atoms. The molecule has 1 rings (SSSR count). The van der Waals surface area contributed by atoms with Crippen molar-refractivity contribution in [3.05, 3.63) is 29.3 Å². The smallest absolute Gasteiger partial charge is 0.310 e. The number of carboxylic acid groups (broad SMARTS) is 1. The lowest BCUT2D eigenvalue weighted by Crippen LogP contribution is -2.11.